The van der Waals surface area contributed by atoms with E-state index in [1.165, 1.54) is 12.0 Å². The molecule has 1 saturated carbocycles. The number of hydrogen-bond donors (Lipinski definition) is 2. The number of carbonyl (C=O) groups is 5. The Labute approximate surface area is 451 Å². The summed E-state index contributed by atoms with van der Waals surface area (Å²) in [6.45, 7) is 17.0. The number of Topliss-reactive ketones (excluding diaryl/α,β-unsaturated/α-hetero) is 3. The minimum Gasteiger partial charge on any atom is -0.460 e. The van der Waals surface area contributed by atoms with Crippen LogP contribution in [0.2, 0.25) is 5.02 Å². The van der Waals surface area contributed by atoms with Crippen LogP contribution < -0.4 is 5.06 Å². The molecular formula is C59H87ClN2O13. The van der Waals surface area contributed by atoms with Crippen molar-refractivity contribution in [3.8, 4) is 0 Å². The molecule has 1 aromatic carbocycles. The van der Waals surface area contributed by atoms with Gasteiger partial charge in [0.1, 0.15) is 36.2 Å². The number of benzene rings is 1. The predicted molar refractivity (Wildman–Crippen MR) is 286 cm³/mol. The van der Waals surface area contributed by atoms with Gasteiger partial charge in [-0.25, -0.2) is 9.86 Å². The molecule has 1 aliphatic carbocycles. The fraction of sp³-hybridized carbons (Fsp3) is 0.712. The van der Waals surface area contributed by atoms with Gasteiger partial charge in [-0.1, -0.05) is 71.4 Å². The third-order valence-electron chi connectivity index (χ3n) is 17.2. The molecule has 17 atom stereocenters. The molecule has 1 unspecified atom stereocenters. The van der Waals surface area contributed by atoms with Crippen molar-refractivity contribution in [2.45, 2.75) is 200 Å². The molecule has 5 heterocycles. The van der Waals surface area contributed by atoms with Crippen molar-refractivity contribution in [3.63, 3.8) is 0 Å². The SMILES string of the molecule is CO[C@H]1C[C@@H]2CC[C@@H](C)[C@@](O)(O2)C(=O)C(=O)N2CCCC[C@H]2C(=O)O[C@@H](C(C)C[C@@H]2CC[C@@H](C)[C@H](OC)C2)CC(=O)[C@H](C)/C=C(\C)[C@@H](O)[C@@H](OC)C(=O)[C@H](C)C[C@H](C)[C@@H]2C=C[C@H](/C=C/1C)ON2c1ccc(Cl)c(C)c1. The Morgan fingerprint density at radius 3 is 2.25 bits per heavy atom. The van der Waals surface area contributed by atoms with E-state index in [4.69, 9.17) is 40.1 Å². The maximum Gasteiger partial charge on any atom is 0.329 e. The van der Waals surface area contributed by atoms with E-state index in [1.807, 2.05) is 70.0 Å². The average molecular weight is 1070 g/mol. The van der Waals surface area contributed by atoms with Gasteiger partial charge < -0.3 is 38.8 Å². The normalized spacial score (nSPS) is 38.5. The Morgan fingerprint density at radius 1 is 0.840 bits per heavy atom. The molecule has 418 valence electrons. The molecule has 4 bridgehead atoms. The average Bonchev–Trinajstić information content (AvgIpc) is 3.39. The molecule has 7 rings (SSSR count). The van der Waals surface area contributed by atoms with E-state index in [0.717, 1.165) is 36.1 Å². The second kappa shape index (κ2) is 26.7. The van der Waals surface area contributed by atoms with Crippen LogP contribution in [0.3, 0.4) is 0 Å². The van der Waals surface area contributed by atoms with Crippen LogP contribution in [-0.2, 0) is 52.5 Å². The highest BCUT2D eigenvalue weighted by Crippen LogP contribution is 2.40. The summed E-state index contributed by atoms with van der Waals surface area (Å²) in [6.07, 6.45) is 8.65. The molecule has 0 radical (unpaired) electrons. The van der Waals surface area contributed by atoms with Gasteiger partial charge in [-0.15, -0.1) is 0 Å². The molecule has 75 heavy (non-hydrogen) atoms. The molecule has 2 N–H and O–H groups in total. The van der Waals surface area contributed by atoms with Crippen molar-refractivity contribution in [1.82, 2.24) is 4.90 Å². The number of fused-ring (bicyclic) bond motifs is 16. The van der Waals surface area contributed by atoms with Crippen molar-refractivity contribution >= 4 is 46.5 Å². The summed E-state index contributed by atoms with van der Waals surface area (Å²) >= 11 is 6.49. The van der Waals surface area contributed by atoms with E-state index in [9.17, 15) is 34.2 Å². The van der Waals surface area contributed by atoms with Crippen LogP contribution in [0.15, 0.2) is 53.6 Å². The van der Waals surface area contributed by atoms with Crippen LogP contribution in [0.25, 0.3) is 0 Å². The van der Waals surface area contributed by atoms with Gasteiger partial charge in [0.25, 0.3) is 11.7 Å². The number of carbonyl (C=O) groups excluding carboxylic acids is 5. The summed E-state index contributed by atoms with van der Waals surface area (Å²) in [6, 6.07) is 4.19. The van der Waals surface area contributed by atoms with Crippen molar-refractivity contribution in [2.24, 2.45) is 41.4 Å². The molecule has 2 saturated heterocycles. The van der Waals surface area contributed by atoms with E-state index in [-0.39, 0.29) is 67.3 Å². The molecule has 0 aromatic heterocycles. The number of piperidine rings is 1. The predicted octanol–water partition coefficient (Wildman–Crippen LogP) is 9.05. The Morgan fingerprint density at radius 2 is 1.57 bits per heavy atom. The second-order valence-corrected chi connectivity index (χ2v) is 23.3. The lowest BCUT2D eigenvalue weighted by Crippen LogP contribution is -2.61. The largest absolute Gasteiger partial charge is 0.460 e. The van der Waals surface area contributed by atoms with Gasteiger partial charge in [-0.2, -0.15) is 0 Å². The zero-order chi connectivity index (χ0) is 55.1. The number of esters is 1. The summed E-state index contributed by atoms with van der Waals surface area (Å²) in [5, 5.41) is 26.4. The summed E-state index contributed by atoms with van der Waals surface area (Å²) in [5.41, 5.74) is 2.80. The molecule has 6 aliphatic rings. The first-order valence-electron chi connectivity index (χ1n) is 27.6. The number of ketones is 3. The summed E-state index contributed by atoms with van der Waals surface area (Å²) in [4.78, 5) is 80.1. The smallest absolute Gasteiger partial charge is 0.329 e. The summed E-state index contributed by atoms with van der Waals surface area (Å²) in [7, 11) is 4.69. The number of methoxy groups -OCH3 is 3. The molecule has 5 aliphatic heterocycles. The van der Waals surface area contributed by atoms with Gasteiger partial charge in [0.2, 0.25) is 5.79 Å². The Kier molecular flexibility index (Phi) is 21.5. The molecule has 1 amide bonds. The van der Waals surface area contributed by atoms with Crippen molar-refractivity contribution < 1.29 is 62.7 Å². The number of hydrogen-bond acceptors (Lipinski definition) is 14. The molecule has 1 aromatic rings. The Bertz CT molecular complexity index is 2270. The standard InChI is InChI=1S/C59H87ClN2O13/c1-33-16-18-42(30-50(33)70-10)27-37(5)52-32-49(63)36(4)26-40(8)54(65)55(72-12)53(64)39(7)25-35(3)47-23-21-45(75-62(47)43-19-22-46(60)34(2)28-43)29-38(6)51(71-11)31-44-20-17-41(9)59(69,74-44)56(66)57(67)61-24-14-13-15-48(61)58(68)73-52/h19,21-23,26,28-29,33,35-37,39,41-42,44-45,47-48,50-52,54-55,65,69H,13-18,20,24-25,27,30-32H2,1-12H3/b38-29+,40-26+/t33-,35+,36-,37?,39-,41-,42+,44+,45-,47+,48+,50-,51+,52-,54-,55+,59-/m1/s1. The monoisotopic (exact) mass is 1070 g/mol. The van der Waals surface area contributed by atoms with Crippen molar-refractivity contribution in [1.29, 1.82) is 0 Å². The quantitative estimate of drug-likeness (QED) is 0.150. The van der Waals surface area contributed by atoms with E-state index >= 15 is 0 Å². The number of rotatable bonds is 7. The second-order valence-electron chi connectivity index (χ2n) is 22.9. The van der Waals surface area contributed by atoms with Gasteiger partial charge in [0.15, 0.2) is 5.78 Å². The maximum absolute atomic E-state index is 14.5. The Hall–Kier alpha value is -3.80. The number of aliphatic hydroxyl groups excluding tert-OH is 1. The minimum atomic E-state index is -2.47. The Balaban J connectivity index is 1.36. The lowest BCUT2D eigenvalue weighted by molar-refractivity contribution is -0.265. The summed E-state index contributed by atoms with van der Waals surface area (Å²) < 4.78 is 30.2. The number of anilines is 1. The zero-order valence-corrected chi connectivity index (χ0v) is 47.4. The number of halogens is 1. The first-order valence-corrected chi connectivity index (χ1v) is 27.9. The molecular weight excluding hydrogens is 980 g/mol. The zero-order valence-electron chi connectivity index (χ0n) is 46.6. The third kappa shape index (κ3) is 14.5. The lowest BCUT2D eigenvalue weighted by Gasteiger charge is -2.43. The van der Waals surface area contributed by atoms with Gasteiger partial charge in [0.05, 0.1) is 30.0 Å². The lowest BCUT2D eigenvalue weighted by atomic mass is 9.76. The van der Waals surface area contributed by atoms with Crippen LogP contribution >= 0.6 is 11.6 Å². The minimum absolute atomic E-state index is 0.0852. The van der Waals surface area contributed by atoms with Crippen LogP contribution in [0.4, 0.5) is 5.69 Å². The number of hydroxylamine groups is 1. The van der Waals surface area contributed by atoms with Gasteiger partial charge in [0, 0.05) is 63.5 Å². The van der Waals surface area contributed by atoms with Crippen molar-refractivity contribution in [3.05, 3.63) is 64.2 Å². The van der Waals surface area contributed by atoms with Gasteiger partial charge in [-0.3, -0.25) is 24.0 Å². The van der Waals surface area contributed by atoms with E-state index in [2.05, 4.69) is 13.0 Å². The highest BCUT2D eigenvalue weighted by Gasteiger charge is 2.53. The highest BCUT2D eigenvalue weighted by atomic mass is 35.5. The number of aryl methyl sites for hydroxylation is 1. The first-order chi connectivity index (χ1) is 35.5. The van der Waals surface area contributed by atoms with Gasteiger partial charge >= 0.3 is 5.97 Å². The van der Waals surface area contributed by atoms with Crippen LogP contribution in [-0.4, -0.2) is 133 Å². The first kappa shape index (κ1) is 60.4. The number of aliphatic hydroxyl groups is 2. The fourth-order valence-corrected chi connectivity index (χ4v) is 12.3. The number of ether oxygens (including phenoxy) is 5. The molecule has 15 nitrogen and oxygen atoms in total. The number of allylic oxidation sites excluding steroid dienone is 1. The molecule has 16 heteroatoms. The third-order valence-corrected chi connectivity index (χ3v) is 17.7. The van der Waals surface area contributed by atoms with Gasteiger partial charge in [-0.05, 0) is 150 Å². The molecule has 3 fully saturated rings. The molecule has 0 spiro atoms. The van der Waals surface area contributed by atoms with E-state index in [0.29, 0.717) is 55.0 Å². The van der Waals surface area contributed by atoms with E-state index < -0.39 is 83.9 Å². The highest BCUT2D eigenvalue weighted by molar-refractivity contribution is 6.39. The van der Waals surface area contributed by atoms with Crippen LogP contribution in [0.5, 0.6) is 0 Å². The van der Waals surface area contributed by atoms with Crippen molar-refractivity contribution in [2.75, 3.05) is 32.9 Å². The maximum atomic E-state index is 14.5. The fourth-order valence-electron chi connectivity index (χ4n) is 12.2. The number of amides is 1. The summed E-state index contributed by atoms with van der Waals surface area (Å²) in [5.74, 6) is -7.71. The van der Waals surface area contributed by atoms with Crippen LogP contribution in [0, 0.1) is 48.3 Å². The number of nitrogens with zero attached hydrogens (tertiary/aromatic N) is 2. The van der Waals surface area contributed by atoms with Crippen LogP contribution in [0.1, 0.15) is 138 Å². The topological polar surface area (TPSA) is 188 Å². The van der Waals surface area contributed by atoms with E-state index in [1.54, 1.807) is 41.1 Å².